The van der Waals surface area contributed by atoms with Crippen LogP contribution in [0.4, 0.5) is 5.69 Å². The third kappa shape index (κ3) is 2.33. The number of carbonyl (C=O) groups excluding carboxylic acids is 2. The highest BCUT2D eigenvalue weighted by Gasteiger charge is 2.26. The fourth-order valence-corrected chi connectivity index (χ4v) is 2.25. The number of nitrogens with two attached hydrogens (primary N) is 1. The minimum atomic E-state index is -0.171. The smallest absolute Gasteiger partial charge is 0.255 e. The minimum absolute atomic E-state index is 0.0466. The van der Waals surface area contributed by atoms with Gasteiger partial charge in [-0.25, -0.2) is 0 Å². The molecule has 1 aliphatic rings. The van der Waals surface area contributed by atoms with Crippen LogP contribution in [0.1, 0.15) is 10.4 Å². The summed E-state index contributed by atoms with van der Waals surface area (Å²) in [5, 5.41) is 0. The molecule has 18 heavy (non-hydrogen) atoms. The van der Waals surface area contributed by atoms with Gasteiger partial charge in [0.25, 0.3) is 5.91 Å². The standard InChI is InChI=1S/C12H14BrN3O2/c1-15-5-6-16(7-10(15)17)12(18)8-3-2-4-9(14)11(8)13/h2-4H,5-7,14H2,1H3. The first kappa shape index (κ1) is 12.9. The van der Waals surface area contributed by atoms with Gasteiger partial charge < -0.3 is 15.5 Å². The van der Waals surface area contributed by atoms with E-state index >= 15 is 0 Å². The minimum Gasteiger partial charge on any atom is -0.398 e. The molecule has 0 bridgehead atoms. The van der Waals surface area contributed by atoms with Gasteiger partial charge >= 0.3 is 0 Å². The molecule has 0 atom stereocenters. The number of hydrogen-bond acceptors (Lipinski definition) is 3. The van der Waals surface area contributed by atoms with Crippen molar-refractivity contribution in [1.82, 2.24) is 9.80 Å². The first-order valence-electron chi connectivity index (χ1n) is 5.58. The second kappa shape index (κ2) is 4.97. The van der Waals surface area contributed by atoms with E-state index in [1.165, 1.54) is 0 Å². The van der Waals surface area contributed by atoms with E-state index in [4.69, 9.17) is 5.73 Å². The van der Waals surface area contributed by atoms with Gasteiger partial charge in [0, 0.05) is 25.8 Å². The third-order valence-electron chi connectivity index (χ3n) is 3.00. The summed E-state index contributed by atoms with van der Waals surface area (Å²) in [6.07, 6.45) is 0. The predicted molar refractivity (Wildman–Crippen MR) is 72.1 cm³/mol. The molecule has 0 spiro atoms. The Morgan fingerprint density at radius 2 is 2.11 bits per heavy atom. The number of halogens is 1. The molecule has 0 unspecified atom stereocenters. The van der Waals surface area contributed by atoms with Gasteiger partial charge in [-0.2, -0.15) is 0 Å². The fraction of sp³-hybridized carbons (Fsp3) is 0.333. The van der Waals surface area contributed by atoms with Gasteiger partial charge in [0.2, 0.25) is 5.91 Å². The maximum Gasteiger partial charge on any atom is 0.255 e. The van der Waals surface area contributed by atoms with Crippen molar-refractivity contribution in [3.8, 4) is 0 Å². The summed E-state index contributed by atoms with van der Waals surface area (Å²) >= 11 is 3.31. The molecule has 1 heterocycles. The van der Waals surface area contributed by atoms with Crippen LogP contribution in [-0.2, 0) is 4.79 Å². The lowest BCUT2D eigenvalue weighted by Crippen LogP contribution is -2.50. The number of benzene rings is 1. The van der Waals surface area contributed by atoms with Crippen LogP contribution in [0, 0.1) is 0 Å². The highest BCUT2D eigenvalue weighted by molar-refractivity contribution is 9.10. The van der Waals surface area contributed by atoms with Crippen LogP contribution in [0.15, 0.2) is 22.7 Å². The highest BCUT2D eigenvalue weighted by atomic mass is 79.9. The lowest BCUT2D eigenvalue weighted by Gasteiger charge is -2.32. The van der Waals surface area contributed by atoms with E-state index in [-0.39, 0.29) is 18.4 Å². The second-order valence-electron chi connectivity index (χ2n) is 4.25. The van der Waals surface area contributed by atoms with Crippen molar-refractivity contribution in [2.75, 3.05) is 32.4 Å². The molecule has 96 valence electrons. The summed E-state index contributed by atoms with van der Waals surface area (Å²) in [7, 11) is 1.74. The Bertz CT molecular complexity index is 504. The van der Waals surface area contributed by atoms with Gasteiger partial charge in [-0.15, -0.1) is 0 Å². The van der Waals surface area contributed by atoms with Crippen LogP contribution in [-0.4, -0.2) is 48.3 Å². The first-order chi connectivity index (χ1) is 8.50. The second-order valence-corrected chi connectivity index (χ2v) is 5.04. The van der Waals surface area contributed by atoms with Crippen LogP contribution >= 0.6 is 15.9 Å². The lowest BCUT2D eigenvalue weighted by molar-refractivity contribution is -0.133. The van der Waals surface area contributed by atoms with Crippen molar-refractivity contribution < 1.29 is 9.59 Å². The molecule has 0 aromatic heterocycles. The maximum absolute atomic E-state index is 12.3. The van der Waals surface area contributed by atoms with Gasteiger partial charge in [0.15, 0.2) is 0 Å². The summed E-state index contributed by atoms with van der Waals surface area (Å²) < 4.78 is 0.585. The number of nitrogens with zero attached hydrogens (tertiary/aromatic N) is 2. The summed E-state index contributed by atoms with van der Waals surface area (Å²) in [5.74, 6) is -0.217. The molecule has 6 heteroatoms. The molecule has 0 saturated carbocycles. The summed E-state index contributed by atoms with van der Waals surface area (Å²) in [6, 6.07) is 5.15. The molecule has 5 nitrogen and oxygen atoms in total. The van der Waals surface area contributed by atoms with E-state index in [1.807, 2.05) is 0 Å². The first-order valence-corrected chi connectivity index (χ1v) is 6.37. The van der Waals surface area contributed by atoms with Crippen molar-refractivity contribution in [3.05, 3.63) is 28.2 Å². The zero-order chi connectivity index (χ0) is 13.3. The van der Waals surface area contributed by atoms with E-state index in [9.17, 15) is 9.59 Å². The molecular formula is C12H14BrN3O2. The van der Waals surface area contributed by atoms with Crippen molar-refractivity contribution in [2.24, 2.45) is 0 Å². The molecule has 1 fully saturated rings. The zero-order valence-corrected chi connectivity index (χ0v) is 11.6. The number of hydrogen-bond donors (Lipinski definition) is 1. The molecule has 2 amide bonds. The van der Waals surface area contributed by atoms with Crippen LogP contribution in [0.25, 0.3) is 0 Å². The summed E-state index contributed by atoms with van der Waals surface area (Å²) in [6.45, 7) is 1.23. The van der Waals surface area contributed by atoms with Gasteiger partial charge in [0.05, 0.1) is 10.0 Å². The summed E-state index contributed by atoms with van der Waals surface area (Å²) in [4.78, 5) is 27.0. The molecule has 1 saturated heterocycles. The van der Waals surface area contributed by atoms with E-state index in [0.29, 0.717) is 28.8 Å². The van der Waals surface area contributed by atoms with Gasteiger partial charge in [0.1, 0.15) is 6.54 Å². The van der Waals surface area contributed by atoms with Gasteiger partial charge in [-0.3, -0.25) is 9.59 Å². The quantitative estimate of drug-likeness (QED) is 0.785. The number of amides is 2. The molecule has 0 aliphatic carbocycles. The Morgan fingerprint density at radius 3 is 2.78 bits per heavy atom. The van der Waals surface area contributed by atoms with E-state index in [0.717, 1.165) is 0 Å². The SMILES string of the molecule is CN1CCN(C(=O)c2cccc(N)c2Br)CC1=O. The topological polar surface area (TPSA) is 66.6 Å². The van der Waals surface area contributed by atoms with Crippen LogP contribution < -0.4 is 5.73 Å². The van der Waals surface area contributed by atoms with Crippen LogP contribution in [0.2, 0.25) is 0 Å². The van der Waals surface area contributed by atoms with Gasteiger partial charge in [-0.1, -0.05) is 6.07 Å². The number of anilines is 1. The Balaban J connectivity index is 2.22. The maximum atomic E-state index is 12.3. The largest absolute Gasteiger partial charge is 0.398 e. The number of rotatable bonds is 1. The van der Waals surface area contributed by atoms with E-state index in [1.54, 1.807) is 35.0 Å². The molecule has 1 aromatic carbocycles. The lowest BCUT2D eigenvalue weighted by atomic mass is 10.1. The van der Waals surface area contributed by atoms with Crippen molar-refractivity contribution in [1.29, 1.82) is 0 Å². The number of piperazine rings is 1. The molecule has 2 N–H and O–H groups in total. The molecular weight excluding hydrogens is 298 g/mol. The molecule has 2 rings (SSSR count). The number of likely N-dealkylation sites (N-methyl/N-ethyl adjacent to an activating group) is 1. The van der Waals surface area contributed by atoms with Crippen molar-refractivity contribution in [3.63, 3.8) is 0 Å². The monoisotopic (exact) mass is 311 g/mol. The normalized spacial score (nSPS) is 16.0. The molecule has 1 aliphatic heterocycles. The van der Waals surface area contributed by atoms with Gasteiger partial charge in [-0.05, 0) is 28.1 Å². The Morgan fingerprint density at radius 1 is 1.39 bits per heavy atom. The van der Waals surface area contributed by atoms with E-state index in [2.05, 4.69) is 15.9 Å². The van der Waals surface area contributed by atoms with Crippen molar-refractivity contribution in [2.45, 2.75) is 0 Å². The predicted octanol–water partition coefficient (Wildman–Crippen LogP) is 0.946. The van der Waals surface area contributed by atoms with Crippen LogP contribution in [0.3, 0.4) is 0 Å². The Kier molecular flexibility index (Phi) is 3.56. The van der Waals surface area contributed by atoms with Crippen LogP contribution in [0.5, 0.6) is 0 Å². The Hall–Kier alpha value is -1.56. The fourth-order valence-electron chi connectivity index (χ4n) is 1.82. The third-order valence-corrected chi connectivity index (χ3v) is 3.89. The molecule has 1 aromatic rings. The average molecular weight is 312 g/mol. The highest BCUT2D eigenvalue weighted by Crippen LogP contribution is 2.25. The summed E-state index contributed by atoms with van der Waals surface area (Å²) in [5.41, 5.74) is 6.75. The van der Waals surface area contributed by atoms with E-state index < -0.39 is 0 Å². The number of nitrogen functional groups attached to an aromatic ring is 1. The molecule has 0 radical (unpaired) electrons. The number of carbonyl (C=O) groups is 2. The average Bonchev–Trinajstić information content (AvgIpc) is 2.35. The van der Waals surface area contributed by atoms with Crippen molar-refractivity contribution >= 4 is 33.4 Å². The zero-order valence-electron chi connectivity index (χ0n) is 10.0. The Labute approximate surface area is 114 Å².